The van der Waals surface area contributed by atoms with Crippen LogP contribution in [0.3, 0.4) is 0 Å². The molecule has 5 nitrogen and oxygen atoms in total. The van der Waals surface area contributed by atoms with Crippen molar-refractivity contribution in [2.24, 2.45) is 11.8 Å². The molecule has 0 atom stereocenters. The van der Waals surface area contributed by atoms with E-state index < -0.39 is 5.97 Å². The van der Waals surface area contributed by atoms with Gasteiger partial charge in [-0.2, -0.15) is 0 Å². The van der Waals surface area contributed by atoms with E-state index >= 15 is 0 Å². The summed E-state index contributed by atoms with van der Waals surface area (Å²) in [4.78, 5) is 23.1. The molecule has 120 valence electrons. The van der Waals surface area contributed by atoms with Crippen molar-refractivity contribution >= 4 is 27.8 Å². The van der Waals surface area contributed by atoms with Crippen LogP contribution in [0.15, 0.2) is 22.7 Å². The molecule has 0 radical (unpaired) electrons. The largest absolute Gasteiger partial charge is 0.496 e. The van der Waals surface area contributed by atoms with Crippen LogP contribution in [0, 0.1) is 11.8 Å². The van der Waals surface area contributed by atoms with Crippen LogP contribution in [0.25, 0.3) is 0 Å². The molecule has 2 N–H and O–H groups in total. The standard InChI is InChI=1S/C16H20BrNO4/c1-22-14-7-2-10(8-13(14)17)9-18-15(19)11-3-5-12(6-4-11)16(20)21/h2,7-8,11-12H,3-6,9H2,1H3,(H,18,19)(H,20,21). The molecule has 0 aromatic heterocycles. The molecule has 0 saturated heterocycles. The van der Waals surface area contributed by atoms with Gasteiger partial charge in [-0.25, -0.2) is 0 Å². The Morgan fingerprint density at radius 3 is 2.45 bits per heavy atom. The minimum atomic E-state index is -0.748. The fourth-order valence-electron chi connectivity index (χ4n) is 2.76. The average molecular weight is 370 g/mol. The molecule has 6 heteroatoms. The third kappa shape index (κ3) is 4.22. The highest BCUT2D eigenvalue weighted by Crippen LogP contribution is 2.29. The van der Waals surface area contributed by atoms with E-state index in [9.17, 15) is 9.59 Å². The number of carbonyl (C=O) groups is 2. The van der Waals surface area contributed by atoms with Gasteiger partial charge in [-0.1, -0.05) is 6.07 Å². The number of benzene rings is 1. The van der Waals surface area contributed by atoms with Crippen molar-refractivity contribution in [2.45, 2.75) is 32.2 Å². The maximum atomic E-state index is 12.2. The molecule has 1 fully saturated rings. The lowest BCUT2D eigenvalue weighted by molar-refractivity contribution is -0.144. The van der Waals surface area contributed by atoms with Crippen LogP contribution in [0.4, 0.5) is 0 Å². The molecule has 1 saturated carbocycles. The van der Waals surface area contributed by atoms with Gasteiger partial charge in [-0.3, -0.25) is 9.59 Å². The zero-order chi connectivity index (χ0) is 16.1. The topological polar surface area (TPSA) is 75.6 Å². The minimum Gasteiger partial charge on any atom is -0.496 e. The first-order valence-electron chi connectivity index (χ1n) is 7.34. The fraction of sp³-hybridized carbons (Fsp3) is 0.500. The minimum absolute atomic E-state index is 0.00998. The van der Waals surface area contributed by atoms with E-state index in [1.54, 1.807) is 7.11 Å². The van der Waals surface area contributed by atoms with Gasteiger partial charge in [0.2, 0.25) is 5.91 Å². The van der Waals surface area contributed by atoms with Crippen molar-refractivity contribution in [1.82, 2.24) is 5.32 Å². The van der Waals surface area contributed by atoms with Gasteiger partial charge in [-0.05, 0) is 59.3 Å². The lowest BCUT2D eigenvalue weighted by Gasteiger charge is -2.25. The second kappa shape index (κ2) is 7.63. The van der Waals surface area contributed by atoms with Crippen molar-refractivity contribution in [3.63, 3.8) is 0 Å². The summed E-state index contributed by atoms with van der Waals surface area (Å²) in [5, 5.41) is 11.9. The highest BCUT2D eigenvalue weighted by atomic mass is 79.9. The number of halogens is 1. The van der Waals surface area contributed by atoms with Crippen LogP contribution < -0.4 is 10.1 Å². The van der Waals surface area contributed by atoms with Crippen molar-refractivity contribution in [3.8, 4) is 5.75 Å². The van der Waals surface area contributed by atoms with E-state index in [4.69, 9.17) is 9.84 Å². The average Bonchev–Trinajstić information content (AvgIpc) is 2.52. The van der Waals surface area contributed by atoms with Crippen LogP contribution in [0.5, 0.6) is 5.75 Å². The molecule has 0 aliphatic heterocycles. The number of carboxylic acid groups (broad SMARTS) is 1. The molecule has 0 bridgehead atoms. The Morgan fingerprint density at radius 2 is 1.91 bits per heavy atom. The van der Waals surface area contributed by atoms with Crippen molar-refractivity contribution < 1.29 is 19.4 Å². The second-order valence-electron chi connectivity index (χ2n) is 5.57. The lowest BCUT2D eigenvalue weighted by Crippen LogP contribution is -2.34. The van der Waals surface area contributed by atoms with Gasteiger partial charge in [0.05, 0.1) is 17.5 Å². The van der Waals surface area contributed by atoms with E-state index in [1.807, 2.05) is 18.2 Å². The number of rotatable bonds is 5. The summed E-state index contributed by atoms with van der Waals surface area (Å²) in [6.07, 6.45) is 2.47. The van der Waals surface area contributed by atoms with Crippen LogP contribution in [-0.2, 0) is 16.1 Å². The Bertz CT molecular complexity index is 553. The molecule has 0 unspecified atom stereocenters. The molecule has 1 aromatic carbocycles. The molecule has 1 aromatic rings. The van der Waals surface area contributed by atoms with Crippen LogP contribution in [-0.4, -0.2) is 24.1 Å². The number of nitrogens with one attached hydrogen (secondary N) is 1. The maximum Gasteiger partial charge on any atom is 0.306 e. The van der Waals surface area contributed by atoms with E-state index in [2.05, 4.69) is 21.2 Å². The Morgan fingerprint density at radius 1 is 1.27 bits per heavy atom. The van der Waals surface area contributed by atoms with Crippen molar-refractivity contribution in [3.05, 3.63) is 28.2 Å². The first kappa shape index (κ1) is 16.8. The number of ether oxygens (including phenoxy) is 1. The highest BCUT2D eigenvalue weighted by molar-refractivity contribution is 9.10. The van der Waals surface area contributed by atoms with E-state index in [-0.39, 0.29) is 17.7 Å². The number of amides is 1. The monoisotopic (exact) mass is 369 g/mol. The van der Waals surface area contributed by atoms with Gasteiger partial charge in [-0.15, -0.1) is 0 Å². The predicted octanol–water partition coefficient (Wildman–Crippen LogP) is 2.96. The molecular weight excluding hydrogens is 350 g/mol. The summed E-state index contributed by atoms with van der Waals surface area (Å²) in [6, 6.07) is 5.68. The number of carboxylic acids is 1. The zero-order valence-electron chi connectivity index (χ0n) is 12.5. The Hall–Kier alpha value is -1.56. The second-order valence-corrected chi connectivity index (χ2v) is 6.43. The third-order valence-corrected chi connectivity index (χ3v) is 4.75. The third-order valence-electron chi connectivity index (χ3n) is 4.13. The molecular formula is C16H20BrNO4. The zero-order valence-corrected chi connectivity index (χ0v) is 14.1. The molecule has 22 heavy (non-hydrogen) atoms. The number of carbonyl (C=O) groups excluding carboxylic acids is 1. The highest BCUT2D eigenvalue weighted by Gasteiger charge is 2.29. The van der Waals surface area contributed by atoms with Crippen LogP contribution in [0.1, 0.15) is 31.2 Å². The van der Waals surface area contributed by atoms with Gasteiger partial charge < -0.3 is 15.2 Å². The predicted molar refractivity (Wildman–Crippen MR) is 85.6 cm³/mol. The first-order chi connectivity index (χ1) is 10.5. The summed E-state index contributed by atoms with van der Waals surface area (Å²) < 4.78 is 6.02. The quantitative estimate of drug-likeness (QED) is 0.836. The van der Waals surface area contributed by atoms with Gasteiger partial charge in [0.25, 0.3) is 0 Å². The molecule has 1 amide bonds. The van der Waals surface area contributed by atoms with Gasteiger partial charge >= 0.3 is 5.97 Å². The van der Waals surface area contributed by atoms with E-state index in [0.717, 1.165) is 15.8 Å². The molecule has 0 spiro atoms. The summed E-state index contributed by atoms with van der Waals surface area (Å²) in [7, 11) is 1.61. The summed E-state index contributed by atoms with van der Waals surface area (Å²) in [6.45, 7) is 0.459. The number of methoxy groups -OCH3 is 1. The normalized spacial score (nSPS) is 21.2. The van der Waals surface area contributed by atoms with Gasteiger partial charge in [0.15, 0.2) is 0 Å². The number of hydrogen-bond donors (Lipinski definition) is 2. The molecule has 0 heterocycles. The van der Waals surface area contributed by atoms with Crippen LogP contribution >= 0.6 is 15.9 Å². The molecule has 1 aliphatic carbocycles. The SMILES string of the molecule is COc1ccc(CNC(=O)C2CCC(C(=O)O)CC2)cc1Br. The Kier molecular flexibility index (Phi) is 5.83. The summed E-state index contributed by atoms with van der Waals surface area (Å²) in [5.41, 5.74) is 0.986. The Labute approximate surface area is 138 Å². The summed E-state index contributed by atoms with van der Waals surface area (Å²) >= 11 is 3.42. The fourth-order valence-corrected chi connectivity index (χ4v) is 3.34. The maximum absolute atomic E-state index is 12.2. The van der Waals surface area contributed by atoms with E-state index in [0.29, 0.717) is 32.2 Å². The van der Waals surface area contributed by atoms with Crippen LogP contribution in [0.2, 0.25) is 0 Å². The lowest BCUT2D eigenvalue weighted by atomic mass is 9.81. The van der Waals surface area contributed by atoms with E-state index in [1.165, 1.54) is 0 Å². The summed E-state index contributed by atoms with van der Waals surface area (Å²) in [5.74, 6) is -0.348. The van der Waals surface area contributed by atoms with Gasteiger partial charge in [0, 0.05) is 12.5 Å². The number of aliphatic carboxylic acids is 1. The van der Waals surface area contributed by atoms with Gasteiger partial charge in [0.1, 0.15) is 5.75 Å². The number of hydrogen-bond acceptors (Lipinski definition) is 3. The molecule has 1 aliphatic rings. The Balaban J connectivity index is 1.83. The van der Waals surface area contributed by atoms with Crippen molar-refractivity contribution in [1.29, 1.82) is 0 Å². The van der Waals surface area contributed by atoms with Crippen molar-refractivity contribution in [2.75, 3.05) is 7.11 Å². The first-order valence-corrected chi connectivity index (χ1v) is 8.13. The smallest absolute Gasteiger partial charge is 0.306 e. The molecule has 2 rings (SSSR count).